The minimum Gasteiger partial charge on any atom is -0.384 e. The molecule has 0 saturated heterocycles. The Hall–Kier alpha value is -3.48. The van der Waals surface area contributed by atoms with Gasteiger partial charge in [0.1, 0.15) is 29.4 Å². The monoisotopic (exact) mass is 388 g/mol. The average Bonchev–Trinajstić information content (AvgIpc) is 3.34. The van der Waals surface area contributed by atoms with Gasteiger partial charge >= 0.3 is 0 Å². The first kappa shape index (κ1) is 17.6. The number of anilines is 2. The van der Waals surface area contributed by atoms with Crippen molar-refractivity contribution in [2.75, 3.05) is 11.5 Å². The summed E-state index contributed by atoms with van der Waals surface area (Å²) < 4.78 is 16.6. The van der Waals surface area contributed by atoms with E-state index in [1.165, 1.54) is 11.9 Å². The summed E-state index contributed by atoms with van der Waals surface area (Å²) in [6.07, 6.45) is 9.23. The standard InChI is InChI=1S/C22H21FN6/c23-18-10-15-4-6-20(24)28-19(15)11-14(18)3-1-13-2-5-16(9-13)29-8-7-17-21(25)26-12-27-22(17)29/h4,6-12,16H,1-3,5H2,(H2,24,28)(H2,25,26,27). The van der Waals surface area contributed by atoms with Gasteiger partial charge in [-0.25, -0.2) is 19.3 Å². The van der Waals surface area contributed by atoms with Crippen LogP contribution in [0.2, 0.25) is 0 Å². The van der Waals surface area contributed by atoms with E-state index in [4.69, 9.17) is 11.5 Å². The van der Waals surface area contributed by atoms with E-state index in [9.17, 15) is 4.39 Å². The Bertz CT molecular complexity index is 1260. The molecule has 29 heavy (non-hydrogen) atoms. The van der Waals surface area contributed by atoms with Crippen molar-refractivity contribution in [2.45, 2.75) is 31.7 Å². The van der Waals surface area contributed by atoms with Crippen LogP contribution < -0.4 is 11.5 Å². The van der Waals surface area contributed by atoms with Crippen molar-refractivity contribution in [3.05, 3.63) is 65.9 Å². The molecule has 4 aromatic rings. The van der Waals surface area contributed by atoms with Crippen LogP contribution in [0.3, 0.4) is 0 Å². The molecule has 0 saturated carbocycles. The van der Waals surface area contributed by atoms with Crippen molar-refractivity contribution in [1.29, 1.82) is 0 Å². The fourth-order valence-electron chi connectivity index (χ4n) is 4.15. The molecule has 1 aliphatic carbocycles. The number of nitrogen functional groups attached to an aromatic ring is 2. The van der Waals surface area contributed by atoms with Gasteiger partial charge in [-0.1, -0.05) is 11.6 Å². The Kier molecular flexibility index (Phi) is 4.16. The molecule has 1 atom stereocenters. The van der Waals surface area contributed by atoms with Crippen LogP contribution in [0.1, 0.15) is 30.9 Å². The lowest BCUT2D eigenvalue weighted by Gasteiger charge is -2.10. The Morgan fingerprint density at radius 3 is 2.90 bits per heavy atom. The molecular formula is C22H21FN6. The van der Waals surface area contributed by atoms with Gasteiger partial charge < -0.3 is 16.0 Å². The summed E-state index contributed by atoms with van der Waals surface area (Å²) in [5.41, 5.74) is 15.3. The summed E-state index contributed by atoms with van der Waals surface area (Å²) in [6, 6.07) is 9.03. The lowest BCUT2D eigenvalue weighted by molar-refractivity contribution is 0.601. The first-order chi connectivity index (χ1) is 14.1. The number of benzene rings is 1. The van der Waals surface area contributed by atoms with E-state index in [0.29, 0.717) is 23.6 Å². The molecule has 1 aliphatic rings. The fourth-order valence-corrected chi connectivity index (χ4v) is 4.15. The molecule has 5 rings (SSSR count). The summed E-state index contributed by atoms with van der Waals surface area (Å²) in [5, 5.41) is 1.64. The lowest BCUT2D eigenvalue weighted by Crippen LogP contribution is -2.03. The van der Waals surface area contributed by atoms with Crippen LogP contribution in [0, 0.1) is 5.82 Å². The third-order valence-electron chi connectivity index (χ3n) is 5.68. The quantitative estimate of drug-likeness (QED) is 0.511. The van der Waals surface area contributed by atoms with Crippen molar-refractivity contribution in [2.24, 2.45) is 0 Å². The lowest BCUT2D eigenvalue weighted by atomic mass is 10.0. The topological polar surface area (TPSA) is 95.6 Å². The highest BCUT2D eigenvalue weighted by molar-refractivity contribution is 5.86. The zero-order chi connectivity index (χ0) is 20.0. The van der Waals surface area contributed by atoms with Gasteiger partial charge in [-0.2, -0.15) is 0 Å². The molecule has 3 aromatic heterocycles. The number of hydrogen-bond donors (Lipinski definition) is 2. The summed E-state index contributed by atoms with van der Waals surface area (Å²) in [7, 11) is 0. The van der Waals surface area contributed by atoms with E-state index in [2.05, 4.69) is 25.6 Å². The number of nitrogens with two attached hydrogens (primary N) is 2. The highest BCUT2D eigenvalue weighted by atomic mass is 19.1. The smallest absolute Gasteiger partial charge is 0.146 e. The zero-order valence-corrected chi connectivity index (χ0v) is 15.8. The Labute approximate surface area is 167 Å². The molecule has 6 nitrogen and oxygen atoms in total. The van der Waals surface area contributed by atoms with Gasteiger partial charge in [0.05, 0.1) is 16.9 Å². The van der Waals surface area contributed by atoms with Crippen molar-refractivity contribution >= 4 is 33.6 Å². The third kappa shape index (κ3) is 3.18. The molecular weight excluding hydrogens is 367 g/mol. The van der Waals surface area contributed by atoms with Gasteiger partial charge in [-0.3, -0.25) is 0 Å². The zero-order valence-electron chi connectivity index (χ0n) is 15.8. The van der Waals surface area contributed by atoms with Gasteiger partial charge in [-0.05, 0) is 61.6 Å². The van der Waals surface area contributed by atoms with Crippen LogP contribution in [0.25, 0.3) is 21.9 Å². The van der Waals surface area contributed by atoms with E-state index >= 15 is 0 Å². The maximum atomic E-state index is 14.5. The molecule has 3 heterocycles. The SMILES string of the molecule is Nc1ccc2cc(F)c(CCC3=CC(n4ccc5c(N)ncnc54)CC3)cc2n1. The molecule has 0 spiro atoms. The average molecular weight is 388 g/mol. The van der Waals surface area contributed by atoms with E-state index in [1.807, 2.05) is 18.3 Å². The molecule has 0 bridgehead atoms. The molecule has 1 aromatic carbocycles. The normalized spacial score (nSPS) is 16.6. The highest BCUT2D eigenvalue weighted by Crippen LogP contribution is 2.34. The fraction of sp³-hybridized carbons (Fsp3) is 0.227. The summed E-state index contributed by atoms with van der Waals surface area (Å²) in [4.78, 5) is 12.7. The second kappa shape index (κ2) is 6.84. The molecule has 4 N–H and O–H groups in total. The van der Waals surface area contributed by atoms with Gasteiger partial charge in [0.2, 0.25) is 0 Å². The van der Waals surface area contributed by atoms with Crippen LogP contribution in [-0.2, 0) is 6.42 Å². The summed E-state index contributed by atoms with van der Waals surface area (Å²) >= 11 is 0. The van der Waals surface area contributed by atoms with E-state index in [1.54, 1.807) is 18.2 Å². The van der Waals surface area contributed by atoms with Gasteiger partial charge in [0, 0.05) is 11.6 Å². The Morgan fingerprint density at radius 2 is 2.00 bits per heavy atom. The first-order valence-electron chi connectivity index (χ1n) is 9.70. The molecule has 7 heteroatoms. The van der Waals surface area contributed by atoms with Crippen LogP contribution in [0.4, 0.5) is 16.0 Å². The largest absolute Gasteiger partial charge is 0.384 e. The van der Waals surface area contributed by atoms with E-state index < -0.39 is 0 Å². The number of aromatic nitrogens is 4. The Morgan fingerprint density at radius 1 is 1.10 bits per heavy atom. The third-order valence-corrected chi connectivity index (χ3v) is 5.68. The van der Waals surface area contributed by atoms with Gasteiger partial charge in [0.25, 0.3) is 0 Å². The molecule has 0 fully saturated rings. The molecule has 1 unspecified atom stereocenters. The number of aryl methyl sites for hydroxylation is 1. The number of nitrogens with zero attached hydrogens (tertiary/aromatic N) is 4. The highest BCUT2D eigenvalue weighted by Gasteiger charge is 2.20. The molecule has 0 aliphatic heterocycles. The maximum Gasteiger partial charge on any atom is 0.146 e. The maximum absolute atomic E-state index is 14.5. The van der Waals surface area contributed by atoms with E-state index in [0.717, 1.165) is 41.2 Å². The number of allylic oxidation sites excluding steroid dienone is 2. The number of hydrogen-bond acceptors (Lipinski definition) is 5. The predicted octanol–water partition coefficient (Wildman–Crippen LogP) is 4.18. The van der Waals surface area contributed by atoms with Crippen molar-refractivity contribution in [3.63, 3.8) is 0 Å². The number of pyridine rings is 1. The second-order valence-corrected chi connectivity index (χ2v) is 7.52. The summed E-state index contributed by atoms with van der Waals surface area (Å²) in [5.74, 6) is 0.750. The van der Waals surface area contributed by atoms with Crippen LogP contribution in [-0.4, -0.2) is 19.5 Å². The molecule has 0 amide bonds. The van der Waals surface area contributed by atoms with Crippen LogP contribution in [0.5, 0.6) is 0 Å². The number of rotatable bonds is 4. The Balaban J connectivity index is 1.36. The first-order valence-corrected chi connectivity index (χ1v) is 9.70. The number of fused-ring (bicyclic) bond motifs is 2. The van der Waals surface area contributed by atoms with Crippen molar-refractivity contribution in [3.8, 4) is 0 Å². The minimum absolute atomic E-state index is 0.192. The van der Waals surface area contributed by atoms with Gasteiger partial charge in [0.15, 0.2) is 0 Å². The van der Waals surface area contributed by atoms with Crippen LogP contribution >= 0.6 is 0 Å². The van der Waals surface area contributed by atoms with Crippen molar-refractivity contribution in [1.82, 2.24) is 19.5 Å². The molecule has 0 radical (unpaired) electrons. The second-order valence-electron chi connectivity index (χ2n) is 7.52. The summed E-state index contributed by atoms with van der Waals surface area (Å²) in [6.45, 7) is 0. The number of halogens is 1. The van der Waals surface area contributed by atoms with Crippen LogP contribution in [0.15, 0.2) is 54.5 Å². The predicted molar refractivity (Wildman–Crippen MR) is 113 cm³/mol. The van der Waals surface area contributed by atoms with Gasteiger partial charge in [-0.15, -0.1) is 0 Å². The molecule has 146 valence electrons. The van der Waals surface area contributed by atoms with E-state index in [-0.39, 0.29) is 11.9 Å². The minimum atomic E-state index is -0.192. The van der Waals surface area contributed by atoms with Crippen molar-refractivity contribution < 1.29 is 4.39 Å².